The lowest BCUT2D eigenvalue weighted by Crippen LogP contribution is -2.43. The second-order valence-corrected chi connectivity index (χ2v) is 6.53. The summed E-state index contributed by atoms with van der Waals surface area (Å²) in [5.41, 5.74) is 2.46. The number of carbonyl (C=O) groups is 1. The van der Waals surface area contributed by atoms with Gasteiger partial charge in [0, 0.05) is 36.5 Å². The molecule has 4 heterocycles. The van der Waals surface area contributed by atoms with Crippen LogP contribution in [0.25, 0.3) is 0 Å². The third-order valence-corrected chi connectivity index (χ3v) is 4.97. The van der Waals surface area contributed by atoms with Crippen LogP contribution in [-0.2, 0) is 0 Å². The lowest BCUT2D eigenvalue weighted by Gasteiger charge is -2.37. The van der Waals surface area contributed by atoms with Gasteiger partial charge in [0.1, 0.15) is 0 Å². The number of pyridine rings is 1. The van der Waals surface area contributed by atoms with Gasteiger partial charge < -0.3 is 10.2 Å². The SMILES string of the molecule is O=C(c1ccccc1)c1cncc(N2CC3CCC2CNC3)c1. The zero-order valence-electron chi connectivity index (χ0n) is 13.1. The highest BCUT2D eigenvalue weighted by Gasteiger charge is 2.31. The van der Waals surface area contributed by atoms with Crippen LogP contribution < -0.4 is 10.2 Å². The molecule has 3 aliphatic heterocycles. The van der Waals surface area contributed by atoms with E-state index in [1.54, 1.807) is 6.20 Å². The molecule has 1 aromatic carbocycles. The van der Waals surface area contributed by atoms with Gasteiger partial charge in [0.15, 0.2) is 5.78 Å². The Morgan fingerprint density at radius 1 is 1.09 bits per heavy atom. The van der Waals surface area contributed by atoms with Gasteiger partial charge in [-0.15, -0.1) is 0 Å². The Bertz CT molecular complexity index is 697. The quantitative estimate of drug-likeness (QED) is 0.885. The molecule has 3 fully saturated rings. The molecule has 0 spiro atoms. The first kappa shape index (κ1) is 14.4. The van der Waals surface area contributed by atoms with E-state index in [9.17, 15) is 4.79 Å². The second-order valence-electron chi connectivity index (χ2n) is 6.53. The summed E-state index contributed by atoms with van der Waals surface area (Å²) >= 11 is 0. The van der Waals surface area contributed by atoms with E-state index in [2.05, 4.69) is 15.2 Å². The smallest absolute Gasteiger partial charge is 0.194 e. The lowest BCUT2D eigenvalue weighted by atomic mass is 9.94. The molecule has 2 aromatic rings. The fraction of sp³-hybridized carbons (Fsp3) is 0.368. The molecule has 0 radical (unpaired) electrons. The molecule has 0 saturated carbocycles. The average Bonchev–Trinajstić information content (AvgIpc) is 2.98. The van der Waals surface area contributed by atoms with Gasteiger partial charge in [0.05, 0.1) is 11.9 Å². The van der Waals surface area contributed by atoms with Crippen molar-refractivity contribution >= 4 is 11.5 Å². The molecule has 0 aliphatic carbocycles. The largest absolute Gasteiger partial charge is 0.366 e. The van der Waals surface area contributed by atoms with Crippen LogP contribution in [0, 0.1) is 5.92 Å². The maximum Gasteiger partial charge on any atom is 0.194 e. The van der Waals surface area contributed by atoms with Crippen LogP contribution in [0.1, 0.15) is 28.8 Å². The maximum atomic E-state index is 12.6. The van der Waals surface area contributed by atoms with Gasteiger partial charge in [-0.3, -0.25) is 9.78 Å². The fourth-order valence-corrected chi connectivity index (χ4v) is 3.72. The van der Waals surface area contributed by atoms with Crippen LogP contribution in [-0.4, -0.2) is 36.4 Å². The Labute approximate surface area is 136 Å². The number of hydrogen-bond acceptors (Lipinski definition) is 4. The number of nitrogens with zero attached hydrogens (tertiary/aromatic N) is 2. The number of piperidine rings is 1. The van der Waals surface area contributed by atoms with Crippen molar-refractivity contribution in [1.29, 1.82) is 0 Å². The maximum absolute atomic E-state index is 12.6. The van der Waals surface area contributed by atoms with Crippen LogP contribution in [0.3, 0.4) is 0 Å². The summed E-state index contributed by atoms with van der Waals surface area (Å²) in [5, 5.41) is 3.54. The van der Waals surface area contributed by atoms with Crippen molar-refractivity contribution < 1.29 is 4.79 Å². The number of ketones is 1. The van der Waals surface area contributed by atoms with Gasteiger partial charge in [0.2, 0.25) is 0 Å². The number of aromatic nitrogens is 1. The summed E-state index contributed by atoms with van der Waals surface area (Å²) < 4.78 is 0. The normalized spacial score (nSPS) is 23.6. The van der Waals surface area contributed by atoms with E-state index in [0.29, 0.717) is 23.1 Å². The predicted molar refractivity (Wildman–Crippen MR) is 90.8 cm³/mol. The number of rotatable bonds is 3. The van der Waals surface area contributed by atoms with E-state index in [4.69, 9.17) is 0 Å². The summed E-state index contributed by atoms with van der Waals surface area (Å²) in [5.74, 6) is 0.736. The van der Waals surface area contributed by atoms with Gasteiger partial charge in [-0.2, -0.15) is 0 Å². The van der Waals surface area contributed by atoms with E-state index >= 15 is 0 Å². The molecule has 1 N–H and O–H groups in total. The molecule has 1 aromatic heterocycles. The molecule has 3 saturated heterocycles. The zero-order valence-corrected chi connectivity index (χ0v) is 13.1. The van der Waals surface area contributed by atoms with Gasteiger partial charge >= 0.3 is 0 Å². The summed E-state index contributed by atoms with van der Waals surface area (Å²) in [6.45, 7) is 3.18. The molecule has 0 amide bonds. The van der Waals surface area contributed by atoms with Crippen molar-refractivity contribution in [1.82, 2.24) is 10.3 Å². The number of hydrogen-bond donors (Lipinski definition) is 1. The van der Waals surface area contributed by atoms with Crippen molar-refractivity contribution in [2.45, 2.75) is 18.9 Å². The Kier molecular flexibility index (Phi) is 3.83. The third kappa shape index (κ3) is 2.86. The standard InChI is InChI=1S/C19H21N3O/c23-19(15-4-2-1-3-5-15)16-8-18(12-21-10-16)22-13-14-6-7-17(22)11-20-9-14/h1-5,8,10,12,14,17,20H,6-7,9,11,13H2. The first-order valence-electron chi connectivity index (χ1n) is 8.33. The van der Waals surface area contributed by atoms with E-state index < -0.39 is 0 Å². The third-order valence-electron chi connectivity index (χ3n) is 4.97. The van der Waals surface area contributed by atoms with E-state index in [0.717, 1.165) is 25.3 Å². The molecule has 3 aliphatic rings. The van der Waals surface area contributed by atoms with Crippen molar-refractivity contribution in [3.63, 3.8) is 0 Å². The highest BCUT2D eigenvalue weighted by molar-refractivity contribution is 6.09. The van der Waals surface area contributed by atoms with Crippen LogP contribution in [0.4, 0.5) is 5.69 Å². The lowest BCUT2D eigenvalue weighted by molar-refractivity contribution is 0.103. The fourth-order valence-electron chi connectivity index (χ4n) is 3.72. The van der Waals surface area contributed by atoms with Crippen molar-refractivity contribution in [2.24, 2.45) is 5.92 Å². The molecular weight excluding hydrogens is 286 g/mol. The molecule has 2 unspecified atom stereocenters. The Balaban J connectivity index is 1.63. The van der Waals surface area contributed by atoms with E-state index in [1.165, 1.54) is 12.8 Å². The Morgan fingerprint density at radius 2 is 1.96 bits per heavy atom. The first-order valence-corrected chi connectivity index (χ1v) is 8.33. The number of nitrogens with one attached hydrogen (secondary N) is 1. The molecule has 4 heteroatoms. The van der Waals surface area contributed by atoms with Gasteiger partial charge in [0.25, 0.3) is 0 Å². The predicted octanol–water partition coefficient (Wildman–Crippen LogP) is 2.50. The summed E-state index contributed by atoms with van der Waals surface area (Å²) in [6, 6.07) is 11.9. The summed E-state index contributed by atoms with van der Waals surface area (Å²) in [4.78, 5) is 19.4. The molecule has 23 heavy (non-hydrogen) atoms. The highest BCUT2D eigenvalue weighted by Crippen LogP contribution is 2.29. The monoisotopic (exact) mass is 307 g/mol. The van der Waals surface area contributed by atoms with Crippen LogP contribution >= 0.6 is 0 Å². The molecule has 5 rings (SSSR count). The number of anilines is 1. The molecule has 4 nitrogen and oxygen atoms in total. The molecule has 118 valence electrons. The first-order chi connectivity index (χ1) is 11.3. The van der Waals surface area contributed by atoms with E-state index in [-0.39, 0.29) is 5.78 Å². The van der Waals surface area contributed by atoms with E-state index in [1.807, 2.05) is 42.6 Å². The minimum Gasteiger partial charge on any atom is -0.366 e. The van der Waals surface area contributed by atoms with Crippen molar-refractivity contribution in [2.75, 3.05) is 24.5 Å². The summed E-state index contributed by atoms with van der Waals surface area (Å²) in [6.07, 6.45) is 6.08. The topological polar surface area (TPSA) is 45.2 Å². The summed E-state index contributed by atoms with van der Waals surface area (Å²) in [7, 11) is 0. The Morgan fingerprint density at radius 3 is 2.83 bits per heavy atom. The van der Waals surface area contributed by atoms with Gasteiger partial charge in [-0.05, 0) is 31.4 Å². The number of fused-ring (bicyclic) bond motifs is 4. The van der Waals surface area contributed by atoms with Gasteiger partial charge in [-0.1, -0.05) is 30.3 Å². The van der Waals surface area contributed by atoms with Crippen molar-refractivity contribution in [3.8, 4) is 0 Å². The number of benzene rings is 1. The molecular formula is C19H21N3O. The highest BCUT2D eigenvalue weighted by atomic mass is 16.1. The minimum absolute atomic E-state index is 0.0399. The van der Waals surface area contributed by atoms with Crippen molar-refractivity contribution in [3.05, 3.63) is 59.9 Å². The minimum atomic E-state index is 0.0399. The Hall–Kier alpha value is -2.20. The van der Waals surface area contributed by atoms with Gasteiger partial charge in [-0.25, -0.2) is 0 Å². The van der Waals surface area contributed by atoms with Crippen LogP contribution in [0.5, 0.6) is 0 Å². The molecule has 2 bridgehead atoms. The molecule has 2 atom stereocenters. The average molecular weight is 307 g/mol. The number of carbonyl (C=O) groups excluding carboxylic acids is 1. The second kappa shape index (κ2) is 6.13. The van der Waals surface area contributed by atoms with Crippen LogP contribution in [0.2, 0.25) is 0 Å². The van der Waals surface area contributed by atoms with Crippen LogP contribution in [0.15, 0.2) is 48.8 Å². The zero-order chi connectivity index (χ0) is 15.6.